The van der Waals surface area contributed by atoms with Crippen LogP contribution in [0, 0.1) is 11.3 Å². The van der Waals surface area contributed by atoms with E-state index >= 15 is 0 Å². The Morgan fingerprint density at radius 1 is 1.26 bits per heavy atom. The first-order chi connectivity index (χ1) is 13.1. The highest BCUT2D eigenvalue weighted by Gasteiger charge is 2.53. The Morgan fingerprint density at radius 3 is 2.85 bits per heavy atom. The van der Waals surface area contributed by atoms with Crippen molar-refractivity contribution in [2.24, 2.45) is 0 Å². The third-order valence-corrected chi connectivity index (χ3v) is 5.41. The molecule has 1 aliphatic heterocycles. The van der Waals surface area contributed by atoms with Gasteiger partial charge in [-0.1, -0.05) is 24.3 Å². The van der Waals surface area contributed by atoms with Crippen LogP contribution in [0.4, 0.5) is 4.79 Å². The smallest absolute Gasteiger partial charge is 0.325 e. The molecule has 6 heteroatoms. The van der Waals surface area contributed by atoms with Crippen LogP contribution < -0.4 is 10.1 Å². The third-order valence-electron chi connectivity index (χ3n) is 5.41. The second-order valence-corrected chi connectivity index (χ2v) is 6.87. The fraction of sp³-hybridized carbons (Fsp3) is 0.286. The molecule has 3 amide bonds. The van der Waals surface area contributed by atoms with Gasteiger partial charge < -0.3 is 10.1 Å². The fourth-order valence-electron chi connectivity index (χ4n) is 4.06. The van der Waals surface area contributed by atoms with Crippen molar-refractivity contribution in [2.75, 3.05) is 7.11 Å². The first-order valence-electron chi connectivity index (χ1n) is 8.88. The van der Waals surface area contributed by atoms with Gasteiger partial charge in [0.25, 0.3) is 5.91 Å². The Hall–Kier alpha value is -3.33. The summed E-state index contributed by atoms with van der Waals surface area (Å²) in [6, 6.07) is 14.3. The van der Waals surface area contributed by atoms with Crippen molar-refractivity contribution in [3.63, 3.8) is 0 Å². The molecule has 4 rings (SSSR count). The van der Waals surface area contributed by atoms with Gasteiger partial charge in [0.1, 0.15) is 11.3 Å². The highest BCUT2D eigenvalue weighted by atomic mass is 16.5. The number of rotatable bonds is 3. The molecular weight excluding hydrogens is 342 g/mol. The first kappa shape index (κ1) is 17.1. The van der Waals surface area contributed by atoms with Gasteiger partial charge in [-0.2, -0.15) is 5.26 Å². The van der Waals surface area contributed by atoms with Crippen LogP contribution in [-0.2, 0) is 23.3 Å². The molecule has 2 aromatic rings. The zero-order chi connectivity index (χ0) is 19.0. The molecule has 1 spiro atoms. The summed E-state index contributed by atoms with van der Waals surface area (Å²) in [6.07, 6.45) is 2.21. The van der Waals surface area contributed by atoms with Crippen LogP contribution >= 0.6 is 0 Å². The first-order valence-corrected chi connectivity index (χ1v) is 8.88. The predicted molar refractivity (Wildman–Crippen MR) is 97.8 cm³/mol. The van der Waals surface area contributed by atoms with Crippen molar-refractivity contribution < 1.29 is 14.3 Å². The maximum atomic E-state index is 13.3. The van der Waals surface area contributed by atoms with Crippen LogP contribution in [0.2, 0.25) is 0 Å². The molecule has 1 aliphatic carbocycles. The average Bonchev–Trinajstić information content (AvgIpc) is 2.93. The number of nitrogens with one attached hydrogen (secondary N) is 1. The van der Waals surface area contributed by atoms with Gasteiger partial charge in [0.2, 0.25) is 0 Å². The summed E-state index contributed by atoms with van der Waals surface area (Å²) in [7, 11) is 1.61. The molecule has 0 radical (unpaired) electrons. The summed E-state index contributed by atoms with van der Waals surface area (Å²) in [5.41, 5.74) is 1.95. The number of ether oxygens (including phenoxy) is 1. The molecule has 136 valence electrons. The topological polar surface area (TPSA) is 82.4 Å². The summed E-state index contributed by atoms with van der Waals surface area (Å²) in [6.45, 7) is 0.0850. The number of fused-ring (bicyclic) bond motifs is 2. The molecule has 1 N–H and O–H groups in total. The van der Waals surface area contributed by atoms with Crippen molar-refractivity contribution in [3.05, 3.63) is 64.7 Å². The lowest BCUT2D eigenvalue weighted by molar-refractivity contribution is -0.132. The lowest BCUT2D eigenvalue weighted by Crippen LogP contribution is -2.46. The van der Waals surface area contributed by atoms with E-state index in [1.54, 1.807) is 31.4 Å². The molecule has 1 atom stereocenters. The molecule has 1 heterocycles. The van der Waals surface area contributed by atoms with Crippen molar-refractivity contribution in [2.45, 2.75) is 31.3 Å². The minimum Gasteiger partial charge on any atom is -0.497 e. The molecule has 0 bridgehead atoms. The van der Waals surface area contributed by atoms with E-state index in [-0.39, 0.29) is 12.5 Å². The molecule has 0 unspecified atom stereocenters. The van der Waals surface area contributed by atoms with Gasteiger partial charge in [0.15, 0.2) is 0 Å². The van der Waals surface area contributed by atoms with E-state index < -0.39 is 11.6 Å². The molecule has 0 aromatic heterocycles. The fourth-order valence-corrected chi connectivity index (χ4v) is 4.06. The van der Waals surface area contributed by atoms with Crippen LogP contribution in [0.1, 0.15) is 35.1 Å². The highest BCUT2D eigenvalue weighted by molar-refractivity contribution is 6.07. The second-order valence-electron chi connectivity index (χ2n) is 6.87. The summed E-state index contributed by atoms with van der Waals surface area (Å²) >= 11 is 0. The predicted octanol–water partition coefficient (Wildman–Crippen LogP) is 2.85. The van der Waals surface area contributed by atoms with Gasteiger partial charge in [0, 0.05) is 0 Å². The van der Waals surface area contributed by atoms with E-state index in [1.807, 2.05) is 18.2 Å². The minimum absolute atomic E-state index is 0.0850. The molecule has 2 aromatic carbocycles. The molecule has 0 saturated carbocycles. The van der Waals surface area contributed by atoms with Gasteiger partial charge in [0.05, 0.1) is 25.3 Å². The van der Waals surface area contributed by atoms with E-state index in [9.17, 15) is 14.9 Å². The molecular formula is C21H19N3O3. The Labute approximate surface area is 157 Å². The number of carbonyl (C=O) groups is 2. The zero-order valence-corrected chi connectivity index (χ0v) is 15.0. The molecule has 6 nitrogen and oxygen atoms in total. The Bertz CT molecular complexity index is 979. The van der Waals surface area contributed by atoms with Gasteiger partial charge in [-0.05, 0) is 54.2 Å². The number of urea groups is 1. The normalized spacial score (nSPS) is 21.0. The van der Waals surface area contributed by atoms with E-state index in [2.05, 4.69) is 11.4 Å². The third kappa shape index (κ3) is 2.63. The van der Waals surface area contributed by atoms with Crippen LogP contribution in [0.15, 0.2) is 42.5 Å². The standard InChI is InChI=1S/C21H19N3O3/c1-27-17-8-9-18-14(11-17)7-4-10-21(18)19(25)24(20(26)23-21)13-16-6-3-2-5-15(16)12-22/h2-3,5-6,8-9,11H,4,7,10,13H2,1H3,(H,23,26)/t21-/m1/s1. The number of nitrogens with zero attached hydrogens (tertiary/aromatic N) is 2. The quantitative estimate of drug-likeness (QED) is 0.852. The van der Waals surface area contributed by atoms with Gasteiger partial charge in [-0.3, -0.25) is 9.69 Å². The lowest BCUT2D eigenvalue weighted by Gasteiger charge is -2.33. The van der Waals surface area contributed by atoms with Crippen LogP contribution in [0.25, 0.3) is 0 Å². The Kier molecular flexibility index (Phi) is 4.08. The van der Waals surface area contributed by atoms with Crippen molar-refractivity contribution >= 4 is 11.9 Å². The number of nitriles is 1. The summed E-state index contributed by atoms with van der Waals surface area (Å²) < 4.78 is 5.29. The van der Waals surface area contributed by atoms with E-state index in [0.717, 1.165) is 29.7 Å². The number of benzene rings is 2. The maximum absolute atomic E-state index is 13.3. The number of hydrogen-bond acceptors (Lipinski definition) is 4. The van der Waals surface area contributed by atoms with Gasteiger partial charge in [-0.15, -0.1) is 0 Å². The van der Waals surface area contributed by atoms with Crippen LogP contribution in [0.5, 0.6) is 5.75 Å². The number of methoxy groups -OCH3 is 1. The average molecular weight is 361 g/mol. The van der Waals surface area contributed by atoms with Gasteiger partial charge >= 0.3 is 6.03 Å². The Morgan fingerprint density at radius 2 is 2.07 bits per heavy atom. The monoisotopic (exact) mass is 361 g/mol. The summed E-state index contributed by atoms with van der Waals surface area (Å²) in [5, 5.41) is 12.2. The van der Waals surface area contributed by atoms with Crippen LogP contribution in [-0.4, -0.2) is 23.9 Å². The summed E-state index contributed by atoms with van der Waals surface area (Å²) in [4.78, 5) is 27.2. The van der Waals surface area contributed by atoms with Crippen molar-refractivity contribution in [3.8, 4) is 11.8 Å². The van der Waals surface area contributed by atoms with Crippen molar-refractivity contribution in [1.29, 1.82) is 5.26 Å². The molecule has 27 heavy (non-hydrogen) atoms. The number of aryl methyl sites for hydroxylation is 1. The minimum atomic E-state index is -1.03. The summed E-state index contributed by atoms with van der Waals surface area (Å²) in [5.74, 6) is 0.480. The molecule has 1 fully saturated rings. The highest BCUT2D eigenvalue weighted by Crippen LogP contribution is 2.41. The lowest BCUT2D eigenvalue weighted by atomic mass is 9.76. The number of hydrogen-bond donors (Lipinski definition) is 1. The molecule has 2 aliphatic rings. The largest absolute Gasteiger partial charge is 0.497 e. The number of amides is 3. The van der Waals surface area contributed by atoms with Gasteiger partial charge in [-0.25, -0.2) is 4.79 Å². The zero-order valence-electron chi connectivity index (χ0n) is 15.0. The van der Waals surface area contributed by atoms with E-state index in [4.69, 9.17) is 4.74 Å². The maximum Gasteiger partial charge on any atom is 0.325 e. The molecule has 1 saturated heterocycles. The SMILES string of the molecule is COc1ccc2c(c1)CCC[C@@]21NC(=O)N(Cc2ccccc2C#N)C1=O. The van der Waals surface area contributed by atoms with E-state index in [1.165, 1.54) is 4.90 Å². The Balaban J connectivity index is 1.71. The van der Waals surface area contributed by atoms with Crippen molar-refractivity contribution in [1.82, 2.24) is 10.2 Å². The second kappa shape index (κ2) is 6.44. The van der Waals surface area contributed by atoms with Crippen LogP contribution in [0.3, 0.4) is 0 Å². The van der Waals surface area contributed by atoms with E-state index in [0.29, 0.717) is 17.5 Å². The number of carbonyl (C=O) groups excluding carboxylic acids is 2. The number of imide groups is 1.